The molecule has 2 amide bonds. The average Bonchev–Trinajstić information content (AvgIpc) is 2.84. The van der Waals surface area contributed by atoms with Gasteiger partial charge in [0.05, 0.1) is 5.92 Å². The van der Waals surface area contributed by atoms with Crippen LogP contribution in [0.25, 0.3) is 0 Å². The van der Waals surface area contributed by atoms with Crippen molar-refractivity contribution in [3.63, 3.8) is 0 Å². The molecular formula is C17H24ClN3O2. The molecule has 0 aromatic heterocycles. The van der Waals surface area contributed by atoms with Crippen molar-refractivity contribution in [1.82, 2.24) is 9.80 Å². The van der Waals surface area contributed by atoms with Crippen molar-refractivity contribution in [3.05, 3.63) is 28.8 Å². The Morgan fingerprint density at radius 3 is 2.87 bits per heavy atom. The minimum atomic E-state index is -0.291. The van der Waals surface area contributed by atoms with E-state index in [1.807, 2.05) is 27.1 Å². The van der Waals surface area contributed by atoms with Gasteiger partial charge >= 0.3 is 0 Å². The lowest BCUT2D eigenvalue weighted by atomic mass is 10.1. The zero-order valence-electron chi connectivity index (χ0n) is 13.9. The summed E-state index contributed by atoms with van der Waals surface area (Å²) in [6, 6.07) is 5.39. The molecule has 6 heteroatoms. The molecule has 0 radical (unpaired) electrons. The Bertz CT molecular complexity index is 589. The van der Waals surface area contributed by atoms with E-state index in [9.17, 15) is 9.59 Å². The van der Waals surface area contributed by atoms with Crippen molar-refractivity contribution < 1.29 is 9.59 Å². The number of halogens is 1. The third-order valence-electron chi connectivity index (χ3n) is 4.08. The summed E-state index contributed by atoms with van der Waals surface area (Å²) in [4.78, 5) is 28.3. The summed E-state index contributed by atoms with van der Waals surface area (Å²) in [5, 5.41) is 3.48. The van der Waals surface area contributed by atoms with Gasteiger partial charge in [0.2, 0.25) is 11.8 Å². The van der Waals surface area contributed by atoms with Crippen LogP contribution in [-0.2, 0) is 9.59 Å². The Balaban J connectivity index is 1.91. The summed E-state index contributed by atoms with van der Waals surface area (Å²) in [6.45, 7) is 4.05. The van der Waals surface area contributed by atoms with Crippen LogP contribution in [0.15, 0.2) is 18.2 Å². The SMILES string of the molecule is Cc1ccc(Cl)cc1NC(=O)C1CC(=O)N(CCCN(C)C)C1. The van der Waals surface area contributed by atoms with Crippen LogP contribution in [0.4, 0.5) is 5.69 Å². The number of nitrogens with zero attached hydrogens (tertiary/aromatic N) is 2. The van der Waals surface area contributed by atoms with E-state index < -0.39 is 0 Å². The standard InChI is InChI=1S/C17H24ClN3O2/c1-12-5-6-14(18)10-15(12)19-17(23)13-9-16(22)21(11-13)8-4-7-20(2)3/h5-6,10,13H,4,7-9,11H2,1-3H3,(H,19,23). The van der Waals surface area contributed by atoms with Gasteiger partial charge in [-0.1, -0.05) is 17.7 Å². The molecule has 0 saturated carbocycles. The first-order valence-electron chi connectivity index (χ1n) is 7.86. The van der Waals surface area contributed by atoms with E-state index in [0.29, 0.717) is 23.8 Å². The molecule has 5 nitrogen and oxygen atoms in total. The third kappa shape index (κ3) is 4.94. The lowest BCUT2D eigenvalue weighted by Crippen LogP contribution is -2.30. The van der Waals surface area contributed by atoms with Crippen molar-refractivity contribution >= 4 is 29.1 Å². The summed E-state index contributed by atoms with van der Waals surface area (Å²) in [7, 11) is 4.02. The number of aryl methyl sites for hydroxylation is 1. The zero-order chi connectivity index (χ0) is 17.0. The predicted molar refractivity (Wildman–Crippen MR) is 92.7 cm³/mol. The van der Waals surface area contributed by atoms with E-state index in [1.54, 1.807) is 17.0 Å². The van der Waals surface area contributed by atoms with Crippen molar-refractivity contribution in [2.45, 2.75) is 19.8 Å². The van der Waals surface area contributed by atoms with Gasteiger partial charge in [-0.15, -0.1) is 0 Å². The maximum atomic E-state index is 12.4. The van der Waals surface area contributed by atoms with Gasteiger partial charge in [-0.05, 0) is 51.7 Å². The van der Waals surface area contributed by atoms with Gasteiger partial charge in [-0.2, -0.15) is 0 Å². The Kier molecular flexibility index (Phi) is 6.02. The molecule has 0 spiro atoms. The van der Waals surface area contributed by atoms with Crippen LogP contribution >= 0.6 is 11.6 Å². The molecule has 1 fully saturated rings. The Morgan fingerprint density at radius 2 is 2.17 bits per heavy atom. The highest BCUT2D eigenvalue weighted by Crippen LogP contribution is 2.23. The molecule has 23 heavy (non-hydrogen) atoms. The monoisotopic (exact) mass is 337 g/mol. The van der Waals surface area contributed by atoms with Crippen molar-refractivity contribution in [3.8, 4) is 0 Å². The molecule has 1 saturated heterocycles. The number of benzene rings is 1. The molecule has 0 aliphatic carbocycles. The van der Waals surface area contributed by atoms with Gasteiger partial charge in [0, 0.05) is 30.2 Å². The fourth-order valence-electron chi connectivity index (χ4n) is 2.71. The molecule has 1 unspecified atom stereocenters. The first-order valence-corrected chi connectivity index (χ1v) is 8.24. The van der Waals surface area contributed by atoms with Crippen molar-refractivity contribution in [2.75, 3.05) is 39.0 Å². The highest BCUT2D eigenvalue weighted by atomic mass is 35.5. The molecule has 1 N–H and O–H groups in total. The second-order valence-corrected chi connectivity index (χ2v) is 6.78. The van der Waals surface area contributed by atoms with Crippen LogP contribution in [0, 0.1) is 12.8 Å². The second kappa shape index (κ2) is 7.79. The van der Waals surface area contributed by atoms with Crippen molar-refractivity contribution in [1.29, 1.82) is 0 Å². The molecule has 126 valence electrons. The van der Waals surface area contributed by atoms with E-state index in [2.05, 4.69) is 10.2 Å². The fraction of sp³-hybridized carbons (Fsp3) is 0.529. The fourth-order valence-corrected chi connectivity index (χ4v) is 2.88. The van der Waals surface area contributed by atoms with Crippen LogP contribution in [0.5, 0.6) is 0 Å². The number of rotatable bonds is 6. The van der Waals surface area contributed by atoms with Crippen LogP contribution in [0.2, 0.25) is 5.02 Å². The van der Waals surface area contributed by atoms with Gasteiger partial charge in [0.25, 0.3) is 0 Å². The normalized spacial score (nSPS) is 17.9. The van der Waals surface area contributed by atoms with E-state index in [-0.39, 0.29) is 24.2 Å². The summed E-state index contributed by atoms with van der Waals surface area (Å²) in [6.07, 6.45) is 1.20. The quantitative estimate of drug-likeness (QED) is 0.867. The number of likely N-dealkylation sites (tertiary alicyclic amines) is 1. The molecule has 1 heterocycles. The predicted octanol–water partition coefficient (Wildman–Crippen LogP) is 2.39. The smallest absolute Gasteiger partial charge is 0.229 e. The van der Waals surface area contributed by atoms with Crippen LogP contribution < -0.4 is 5.32 Å². The molecule has 1 atom stereocenters. The van der Waals surface area contributed by atoms with Gasteiger partial charge in [0.15, 0.2) is 0 Å². The minimum Gasteiger partial charge on any atom is -0.342 e. The van der Waals surface area contributed by atoms with Gasteiger partial charge in [-0.3, -0.25) is 9.59 Å². The largest absolute Gasteiger partial charge is 0.342 e. The maximum absolute atomic E-state index is 12.4. The first kappa shape index (κ1) is 17.8. The summed E-state index contributed by atoms with van der Waals surface area (Å²) in [5.74, 6) is -0.342. The second-order valence-electron chi connectivity index (χ2n) is 6.35. The molecule has 1 aliphatic rings. The zero-order valence-corrected chi connectivity index (χ0v) is 14.7. The Morgan fingerprint density at radius 1 is 1.43 bits per heavy atom. The number of anilines is 1. The van der Waals surface area contributed by atoms with Crippen molar-refractivity contribution in [2.24, 2.45) is 5.92 Å². The highest BCUT2D eigenvalue weighted by Gasteiger charge is 2.34. The molecule has 2 rings (SSSR count). The number of amides is 2. The lowest BCUT2D eigenvalue weighted by Gasteiger charge is -2.18. The molecule has 1 aliphatic heterocycles. The van der Waals surface area contributed by atoms with E-state index in [0.717, 1.165) is 18.5 Å². The summed E-state index contributed by atoms with van der Waals surface area (Å²) < 4.78 is 0. The maximum Gasteiger partial charge on any atom is 0.229 e. The van der Waals surface area contributed by atoms with E-state index in [1.165, 1.54) is 0 Å². The Labute approximate surface area is 142 Å². The Hall–Kier alpha value is -1.59. The lowest BCUT2D eigenvalue weighted by molar-refractivity contribution is -0.128. The molecule has 0 bridgehead atoms. The highest BCUT2D eigenvalue weighted by molar-refractivity contribution is 6.31. The van der Waals surface area contributed by atoms with E-state index in [4.69, 9.17) is 11.6 Å². The number of hydrogen-bond acceptors (Lipinski definition) is 3. The summed E-state index contributed by atoms with van der Waals surface area (Å²) >= 11 is 5.97. The number of nitrogens with one attached hydrogen (secondary N) is 1. The first-order chi connectivity index (χ1) is 10.9. The third-order valence-corrected chi connectivity index (χ3v) is 4.31. The summed E-state index contributed by atoms with van der Waals surface area (Å²) in [5.41, 5.74) is 1.66. The number of carbonyl (C=O) groups is 2. The van der Waals surface area contributed by atoms with Crippen LogP contribution in [0.1, 0.15) is 18.4 Å². The number of carbonyl (C=O) groups excluding carboxylic acids is 2. The molecule has 1 aromatic rings. The van der Waals surface area contributed by atoms with Gasteiger partial charge < -0.3 is 15.1 Å². The molecule has 1 aromatic carbocycles. The molecular weight excluding hydrogens is 314 g/mol. The topological polar surface area (TPSA) is 52.7 Å². The van der Waals surface area contributed by atoms with E-state index >= 15 is 0 Å². The van der Waals surface area contributed by atoms with Gasteiger partial charge in [-0.25, -0.2) is 0 Å². The van der Waals surface area contributed by atoms with Crippen LogP contribution in [0.3, 0.4) is 0 Å². The van der Waals surface area contributed by atoms with Crippen LogP contribution in [-0.4, -0.2) is 55.3 Å². The van der Waals surface area contributed by atoms with Gasteiger partial charge in [0.1, 0.15) is 0 Å². The average molecular weight is 338 g/mol. The number of hydrogen-bond donors (Lipinski definition) is 1. The minimum absolute atomic E-state index is 0.0618.